The normalized spacial score (nSPS) is 20.3. The Morgan fingerprint density at radius 3 is 2.68 bits per heavy atom. The number of aromatic nitrogens is 2. The van der Waals surface area contributed by atoms with Gasteiger partial charge in [-0.05, 0) is 32.3 Å². The molecule has 1 aromatic rings. The fourth-order valence-electron chi connectivity index (χ4n) is 2.25. The molecule has 1 aromatic heterocycles. The molecule has 0 aliphatic carbocycles. The van der Waals surface area contributed by atoms with Crippen molar-refractivity contribution < 1.29 is 4.74 Å². The van der Waals surface area contributed by atoms with E-state index in [0.717, 1.165) is 44.0 Å². The van der Waals surface area contributed by atoms with Crippen LogP contribution in [0.4, 0.5) is 5.95 Å². The van der Waals surface area contributed by atoms with E-state index in [-0.39, 0.29) is 11.6 Å². The molecule has 2 heterocycles. The van der Waals surface area contributed by atoms with Gasteiger partial charge in [0.05, 0.1) is 12.2 Å². The van der Waals surface area contributed by atoms with Crippen molar-refractivity contribution in [2.45, 2.75) is 45.3 Å². The molecular formula is C14H24N4O. The second kappa shape index (κ2) is 5.84. The molecule has 0 spiro atoms. The third-order valence-corrected chi connectivity index (χ3v) is 3.42. The lowest BCUT2D eigenvalue weighted by molar-refractivity contribution is -0.0281. The topological polar surface area (TPSA) is 64.3 Å². The Hall–Kier alpha value is -1.20. The molecule has 2 N–H and O–H groups in total. The highest BCUT2D eigenvalue weighted by Crippen LogP contribution is 2.20. The SMILES string of the molecule is CCC(N)Cc1cnc(N2CCOC(C)(C)C2)nc1. The fourth-order valence-corrected chi connectivity index (χ4v) is 2.25. The van der Waals surface area contributed by atoms with Crippen molar-refractivity contribution in [2.24, 2.45) is 5.73 Å². The Bertz CT molecular complexity index is 404. The number of morpholine rings is 1. The molecule has 5 nitrogen and oxygen atoms in total. The quantitative estimate of drug-likeness (QED) is 0.890. The monoisotopic (exact) mass is 264 g/mol. The molecule has 1 saturated heterocycles. The number of rotatable bonds is 4. The third kappa shape index (κ3) is 3.88. The van der Waals surface area contributed by atoms with Crippen molar-refractivity contribution in [2.75, 3.05) is 24.6 Å². The average Bonchev–Trinajstić information content (AvgIpc) is 2.38. The second-order valence-electron chi connectivity index (χ2n) is 5.79. The Labute approximate surface area is 115 Å². The van der Waals surface area contributed by atoms with Gasteiger partial charge < -0.3 is 15.4 Å². The summed E-state index contributed by atoms with van der Waals surface area (Å²) < 4.78 is 5.69. The van der Waals surface area contributed by atoms with Crippen LogP contribution in [0.1, 0.15) is 32.8 Å². The van der Waals surface area contributed by atoms with E-state index in [1.54, 1.807) is 0 Å². The Morgan fingerprint density at radius 1 is 1.42 bits per heavy atom. The van der Waals surface area contributed by atoms with Crippen LogP contribution in [-0.2, 0) is 11.2 Å². The lowest BCUT2D eigenvalue weighted by Gasteiger charge is -2.38. The van der Waals surface area contributed by atoms with Crippen LogP contribution < -0.4 is 10.6 Å². The summed E-state index contributed by atoms with van der Waals surface area (Å²) in [5.41, 5.74) is 6.91. The smallest absolute Gasteiger partial charge is 0.225 e. The van der Waals surface area contributed by atoms with Gasteiger partial charge in [-0.1, -0.05) is 6.92 Å². The summed E-state index contributed by atoms with van der Waals surface area (Å²) in [6, 6.07) is 0.191. The van der Waals surface area contributed by atoms with Crippen LogP contribution in [-0.4, -0.2) is 41.3 Å². The van der Waals surface area contributed by atoms with E-state index in [9.17, 15) is 0 Å². The van der Waals surface area contributed by atoms with Crippen LogP contribution in [0, 0.1) is 0 Å². The van der Waals surface area contributed by atoms with E-state index in [1.165, 1.54) is 0 Å². The standard InChI is InChI=1S/C14H24N4O/c1-4-12(15)7-11-8-16-13(17-9-11)18-5-6-19-14(2,3)10-18/h8-9,12H,4-7,10,15H2,1-3H3. The lowest BCUT2D eigenvalue weighted by atomic mass is 10.1. The largest absolute Gasteiger partial charge is 0.372 e. The molecule has 1 aliphatic rings. The molecule has 0 amide bonds. The molecule has 0 aromatic carbocycles. The van der Waals surface area contributed by atoms with Crippen LogP contribution >= 0.6 is 0 Å². The molecule has 0 radical (unpaired) electrons. The summed E-state index contributed by atoms with van der Waals surface area (Å²) in [5, 5.41) is 0. The molecule has 2 rings (SSSR count). The van der Waals surface area contributed by atoms with E-state index in [1.807, 2.05) is 12.4 Å². The van der Waals surface area contributed by atoms with Crippen LogP contribution in [0.3, 0.4) is 0 Å². The minimum Gasteiger partial charge on any atom is -0.372 e. The summed E-state index contributed by atoms with van der Waals surface area (Å²) in [7, 11) is 0. The maximum Gasteiger partial charge on any atom is 0.225 e. The van der Waals surface area contributed by atoms with Crippen molar-refractivity contribution in [1.82, 2.24) is 9.97 Å². The van der Waals surface area contributed by atoms with Gasteiger partial charge in [0, 0.05) is 31.5 Å². The molecule has 1 atom stereocenters. The maximum atomic E-state index is 5.94. The average molecular weight is 264 g/mol. The van der Waals surface area contributed by atoms with Crippen molar-refractivity contribution in [3.63, 3.8) is 0 Å². The van der Waals surface area contributed by atoms with Gasteiger partial charge in [-0.15, -0.1) is 0 Å². The minimum absolute atomic E-state index is 0.134. The first kappa shape index (κ1) is 14.2. The van der Waals surface area contributed by atoms with E-state index < -0.39 is 0 Å². The number of nitrogens with zero attached hydrogens (tertiary/aromatic N) is 3. The molecule has 5 heteroatoms. The molecule has 1 unspecified atom stereocenters. The maximum absolute atomic E-state index is 5.94. The summed E-state index contributed by atoms with van der Waals surface area (Å²) in [6.07, 6.45) is 5.59. The van der Waals surface area contributed by atoms with Crippen LogP contribution in [0.25, 0.3) is 0 Å². The Kier molecular flexibility index (Phi) is 4.37. The van der Waals surface area contributed by atoms with Gasteiger partial charge in [0.2, 0.25) is 5.95 Å². The summed E-state index contributed by atoms with van der Waals surface area (Å²) in [5.74, 6) is 0.783. The van der Waals surface area contributed by atoms with Crippen molar-refractivity contribution in [3.05, 3.63) is 18.0 Å². The molecule has 0 bridgehead atoms. The van der Waals surface area contributed by atoms with Gasteiger partial charge in [-0.2, -0.15) is 0 Å². The molecule has 1 fully saturated rings. The van der Waals surface area contributed by atoms with Crippen LogP contribution in [0.15, 0.2) is 12.4 Å². The molecule has 0 saturated carbocycles. The van der Waals surface area contributed by atoms with Crippen molar-refractivity contribution >= 4 is 5.95 Å². The first-order valence-electron chi connectivity index (χ1n) is 6.95. The first-order chi connectivity index (χ1) is 9.00. The van der Waals surface area contributed by atoms with Gasteiger partial charge >= 0.3 is 0 Å². The second-order valence-corrected chi connectivity index (χ2v) is 5.79. The lowest BCUT2D eigenvalue weighted by Crippen LogP contribution is -2.49. The van der Waals surface area contributed by atoms with E-state index >= 15 is 0 Å². The van der Waals surface area contributed by atoms with E-state index in [2.05, 4.69) is 35.6 Å². The Morgan fingerprint density at radius 2 is 2.11 bits per heavy atom. The zero-order valence-electron chi connectivity index (χ0n) is 12.1. The molecular weight excluding hydrogens is 240 g/mol. The number of ether oxygens (including phenoxy) is 1. The number of hydrogen-bond acceptors (Lipinski definition) is 5. The van der Waals surface area contributed by atoms with Gasteiger partial charge in [-0.3, -0.25) is 0 Å². The fraction of sp³-hybridized carbons (Fsp3) is 0.714. The van der Waals surface area contributed by atoms with E-state index in [4.69, 9.17) is 10.5 Å². The van der Waals surface area contributed by atoms with Gasteiger partial charge in [-0.25, -0.2) is 9.97 Å². The number of hydrogen-bond donors (Lipinski definition) is 1. The Balaban J connectivity index is 2.02. The number of nitrogens with two attached hydrogens (primary N) is 1. The molecule has 19 heavy (non-hydrogen) atoms. The molecule has 1 aliphatic heterocycles. The molecule has 106 valence electrons. The zero-order valence-corrected chi connectivity index (χ0v) is 12.1. The van der Waals surface area contributed by atoms with Crippen molar-refractivity contribution in [3.8, 4) is 0 Å². The van der Waals surface area contributed by atoms with Gasteiger partial charge in [0.25, 0.3) is 0 Å². The summed E-state index contributed by atoms with van der Waals surface area (Å²) in [6.45, 7) is 8.66. The van der Waals surface area contributed by atoms with Crippen LogP contribution in [0.2, 0.25) is 0 Å². The predicted molar refractivity (Wildman–Crippen MR) is 76.2 cm³/mol. The summed E-state index contributed by atoms with van der Waals surface area (Å²) in [4.78, 5) is 11.1. The third-order valence-electron chi connectivity index (χ3n) is 3.42. The first-order valence-corrected chi connectivity index (χ1v) is 6.95. The van der Waals surface area contributed by atoms with Crippen LogP contribution in [0.5, 0.6) is 0 Å². The predicted octanol–water partition coefficient (Wildman–Crippen LogP) is 1.37. The van der Waals surface area contributed by atoms with Crippen molar-refractivity contribution in [1.29, 1.82) is 0 Å². The number of anilines is 1. The highest BCUT2D eigenvalue weighted by atomic mass is 16.5. The minimum atomic E-state index is -0.134. The highest BCUT2D eigenvalue weighted by molar-refractivity contribution is 5.31. The van der Waals surface area contributed by atoms with Gasteiger partial charge in [0.1, 0.15) is 0 Å². The summed E-state index contributed by atoms with van der Waals surface area (Å²) >= 11 is 0. The van der Waals surface area contributed by atoms with Gasteiger partial charge in [0.15, 0.2) is 0 Å². The zero-order chi connectivity index (χ0) is 13.9. The highest BCUT2D eigenvalue weighted by Gasteiger charge is 2.28. The van der Waals surface area contributed by atoms with E-state index in [0.29, 0.717) is 0 Å².